The molecule has 6 heteroatoms. The van der Waals surface area contributed by atoms with Crippen LogP contribution < -0.4 is 5.32 Å². The smallest absolute Gasteiger partial charge is 0.330 e. The Labute approximate surface area is 123 Å². The van der Waals surface area contributed by atoms with Gasteiger partial charge in [-0.2, -0.15) is 0 Å². The van der Waals surface area contributed by atoms with E-state index in [2.05, 4.69) is 10.3 Å². The summed E-state index contributed by atoms with van der Waals surface area (Å²) in [4.78, 5) is 27.9. The van der Waals surface area contributed by atoms with Gasteiger partial charge in [-0.15, -0.1) is 0 Å². The molecule has 0 unspecified atom stereocenters. The molecule has 0 spiro atoms. The molecule has 0 aliphatic heterocycles. The third-order valence-electron chi connectivity index (χ3n) is 4.40. The number of rotatable bonds is 5. The van der Waals surface area contributed by atoms with Gasteiger partial charge in [0.05, 0.1) is 6.10 Å². The van der Waals surface area contributed by atoms with E-state index < -0.39 is 22.8 Å². The maximum Gasteiger partial charge on any atom is 0.330 e. The number of aromatic nitrogens is 1. The zero-order valence-corrected chi connectivity index (χ0v) is 12.4. The van der Waals surface area contributed by atoms with E-state index in [1.165, 1.54) is 12.4 Å². The number of hydrogen-bond donors (Lipinski definition) is 2. The van der Waals surface area contributed by atoms with E-state index in [1.54, 1.807) is 26.0 Å². The predicted octanol–water partition coefficient (Wildman–Crippen LogP) is 1.47. The fourth-order valence-corrected chi connectivity index (χ4v) is 2.81. The number of ether oxygens (including phenoxy) is 1. The van der Waals surface area contributed by atoms with Crippen LogP contribution >= 0.6 is 0 Å². The average Bonchev–Trinajstić information content (AvgIpc) is 2.46. The van der Waals surface area contributed by atoms with E-state index in [0.717, 1.165) is 0 Å². The summed E-state index contributed by atoms with van der Waals surface area (Å²) >= 11 is 0. The Balaban J connectivity index is 2.22. The summed E-state index contributed by atoms with van der Waals surface area (Å²) in [6.07, 6.45) is 3.07. The highest BCUT2D eigenvalue weighted by atomic mass is 16.5. The first kappa shape index (κ1) is 15.4. The minimum absolute atomic E-state index is 0.184. The van der Waals surface area contributed by atoms with Crippen molar-refractivity contribution in [1.29, 1.82) is 0 Å². The minimum Gasteiger partial charge on any atom is -0.479 e. The van der Waals surface area contributed by atoms with Gasteiger partial charge in [0.25, 0.3) is 5.91 Å². The number of hydrogen-bond acceptors (Lipinski definition) is 4. The maximum absolute atomic E-state index is 12.3. The number of carboxylic acid groups (broad SMARTS) is 1. The van der Waals surface area contributed by atoms with Gasteiger partial charge in [0.2, 0.25) is 0 Å². The number of nitrogens with one attached hydrogen (secondary N) is 1. The van der Waals surface area contributed by atoms with E-state index >= 15 is 0 Å². The lowest BCUT2D eigenvalue weighted by Crippen LogP contribution is -2.76. The van der Waals surface area contributed by atoms with Gasteiger partial charge in [-0.05, 0) is 19.1 Å². The van der Waals surface area contributed by atoms with Crippen molar-refractivity contribution >= 4 is 11.9 Å². The first-order valence-electron chi connectivity index (χ1n) is 6.92. The first-order valence-corrected chi connectivity index (χ1v) is 6.92. The Bertz CT molecular complexity index is 544. The lowest BCUT2D eigenvalue weighted by Gasteiger charge is -2.58. The molecule has 1 fully saturated rings. The molecule has 1 aliphatic rings. The van der Waals surface area contributed by atoms with Crippen LogP contribution in [-0.4, -0.2) is 40.2 Å². The van der Waals surface area contributed by atoms with Gasteiger partial charge in [-0.3, -0.25) is 9.78 Å². The lowest BCUT2D eigenvalue weighted by molar-refractivity contribution is -0.190. The molecule has 0 aromatic carbocycles. The van der Waals surface area contributed by atoms with Crippen molar-refractivity contribution < 1.29 is 19.4 Å². The molecular formula is C15H20N2O4. The molecule has 1 saturated carbocycles. The van der Waals surface area contributed by atoms with Crippen LogP contribution in [0.3, 0.4) is 0 Å². The molecular weight excluding hydrogens is 272 g/mol. The fraction of sp³-hybridized carbons (Fsp3) is 0.533. The number of nitrogens with zero attached hydrogens (tertiary/aromatic N) is 1. The predicted molar refractivity (Wildman–Crippen MR) is 75.9 cm³/mol. The third kappa shape index (κ3) is 2.40. The lowest BCUT2D eigenvalue weighted by atomic mass is 9.54. The molecule has 0 bridgehead atoms. The second-order valence-corrected chi connectivity index (χ2v) is 5.77. The van der Waals surface area contributed by atoms with Crippen molar-refractivity contribution in [3.8, 4) is 0 Å². The van der Waals surface area contributed by atoms with Crippen molar-refractivity contribution in [3.63, 3.8) is 0 Å². The van der Waals surface area contributed by atoms with E-state index in [9.17, 15) is 14.7 Å². The normalized spacial score (nSPS) is 26.7. The second kappa shape index (κ2) is 5.44. The molecule has 1 aliphatic carbocycles. The Morgan fingerprint density at radius 3 is 2.52 bits per heavy atom. The van der Waals surface area contributed by atoms with Gasteiger partial charge in [0.1, 0.15) is 5.54 Å². The SMILES string of the molecule is CCO[C@@H]1C[C@@](NC(=O)c2ccncc2)(C(=O)O)C1(C)C. The van der Waals surface area contributed by atoms with Crippen LogP contribution in [0.5, 0.6) is 0 Å². The van der Waals surface area contributed by atoms with E-state index in [-0.39, 0.29) is 12.5 Å². The summed E-state index contributed by atoms with van der Waals surface area (Å²) in [7, 11) is 0. The zero-order valence-electron chi connectivity index (χ0n) is 12.4. The van der Waals surface area contributed by atoms with Crippen molar-refractivity contribution in [2.24, 2.45) is 5.41 Å². The van der Waals surface area contributed by atoms with Crippen molar-refractivity contribution in [2.45, 2.75) is 38.8 Å². The molecule has 2 N–H and O–H groups in total. The van der Waals surface area contributed by atoms with Gasteiger partial charge in [-0.25, -0.2) is 4.79 Å². The summed E-state index contributed by atoms with van der Waals surface area (Å²) < 4.78 is 5.56. The van der Waals surface area contributed by atoms with Crippen LogP contribution in [-0.2, 0) is 9.53 Å². The standard InChI is InChI=1S/C15H20N2O4/c1-4-21-11-9-15(13(19)20,14(11,2)3)17-12(18)10-5-7-16-8-6-10/h5-8,11H,4,9H2,1-3H3,(H,17,18)(H,19,20)/t11-,15-/m1/s1. The Morgan fingerprint density at radius 1 is 1.43 bits per heavy atom. The van der Waals surface area contributed by atoms with E-state index in [0.29, 0.717) is 12.2 Å². The van der Waals surface area contributed by atoms with Crippen LogP contribution in [0.25, 0.3) is 0 Å². The highest BCUT2D eigenvalue weighted by Gasteiger charge is 2.66. The summed E-state index contributed by atoms with van der Waals surface area (Å²) in [5.74, 6) is -1.45. The monoisotopic (exact) mass is 292 g/mol. The second-order valence-electron chi connectivity index (χ2n) is 5.77. The highest BCUT2D eigenvalue weighted by Crippen LogP contribution is 2.51. The molecule has 1 aromatic heterocycles. The van der Waals surface area contributed by atoms with Crippen LogP contribution in [0.1, 0.15) is 37.6 Å². The quantitative estimate of drug-likeness (QED) is 0.858. The molecule has 6 nitrogen and oxygen atoms in total. The molecule has 114 valence electrons. The third-order valence-corrected chi connectivity index (χ3v) is 4.40. The summed E-state index contributed by atoms with van der Waals surface area (Å²) in [6, 6.07) is 3.10. The van der Waals surface area contributed by atoms with E-state index in [1.807, 2.05) is 6.92 Å². The van der Waals surface area contributed by atoms with Gasteiger partial charge in [0.15, 0.2) is 0 Å². The number of pyridine rings is 1. The van der Waals surface area contributed by atoms with E-state index in [4.69, 9.17) is 4.74 Å². The molecule has 0 saturated heterocycles. The van der Waals surface area contributed by atoms with Gasteiger partial charge in [-0.1, -0.05) is 13.8 Å². The number of carboxylic acids is 1. The molecule has 0 radical (unpaired) electrons. The van der Waals surface area contributed by atoms with Crippen LogP contribution in [0.15, 0.2) is 24.5 Å². The Hall–Kier alpha value is -1.95. The molecule has 1 heterocycles. The van der Waals surface area contributed by atoms with Crippen LogP contribution in [0.2, 0.25) is 0 Å². The average molecular weight is 292 g/mol. The van der Waals surface area contributed by atoms with Gasteiger partial charge in [0, 0.05) is 36.4 Å². The number of aliphatic carboxylic acids is 1. The Kier molecular flexibility index (Phi) is 4.00. The molecule has 1 aromatic rings. The topological polar surface area (TPSA) is 88.5 Å². The minimum atomic E-state index is -1.31. The van der Waals surface area contributed by atoms with Gasteiger partial charge >= 0.3 is 5.97 Å². The largest absolute Gasteiger partial charge is 0.479 e. The van der Waals surface area contributed by atoms with Crippen molar-refractivity contribution in [1.82, 2.24) is 10.3 Å². The number of amides is 1. The van der Waals surface area contributed by atoms with Crippen LogP contribution in [0.4, 0.5) is 0 Å². The number of carbonyl (C=O) groups is 2. The summed E-state index contributed by atoms with van der Waals surface area (Å²) in [5, 5.41) is 12.3. The molecule has 2 rings (SSSR count). The highest BCUT2D eigenvalue weighted by molar-refractivity contribution is 5.98. The zero-order chi connectivity index (χ0) is 15.7. The summed E-state index contributed by atoms with van der Waals surface area (Å²) in [6.45, 7) is 5.99. The molecule has 2 atom stereocenters. The van der Waals surface area contributed by atoms with Gasteiger partial charge < -0.3 is 15.2 Å². The first-order chi connectivity index (χ1) is 9.85. The molecule has 1 amide bonds. The van der Waals surface area contributed by atoms with Crippen molar-refractivity contribution in [3.05, 3.63) is 30.1 Å². The fourth-order valence-electron chi connectivity index (χ4n) is 2.81. The summed E-state index contributed by atoms with van der Waals surface area (Å²) in [5.41, 5.74) is -1.61. The number of carbonyl (C=O) groups excluding carboxylic acids is 1. The Morgan fingerprint density at radius 2 is 2.05 bits per heavy atom. The maximum atomic E-state index is 12.3. The van der Waals surface area contributed by atoms with Crippen molar-refractivity contribution in [2.75, 3.05) is 6.61 Å². The molecule has 21 heavy (non-hydrogen) atoms. The van der Waals surface area contributed by atoms with Crippen LogP contribution in [0, 0.1) is 5.41 Å².